The van der Waals surface area contributed by atoms with Crippen LogP contribution in [0.3, 0.4) is 0 Å². The molecule has 0 spiro atoms. The van der Waals surface area contributed by atoms with E-state index in [1.54, 1.807) is 0 Å². The van der Waals surface area contributed by atoms with E-state index < -0.39 is 24.0 Å². The zero-order valence-electron chi connectivity index (χ0n) is 31.0. The van der Waals surface area contributed by atoms with E-state index in [9.17, 15) is 14.4 Å². The maximum atomic E-state index is 13.5. The third-order valence-corrected chi connectivity index (χ3v) is 11.5. The van der Waals surface area contributed by atoms with Crippen molar-refractivity contribution in [1.29, 1.82) is 0 Å². The molecule has 0 aliphatic carbocycles. The van der Waals surface area contributed by atoms with Crippen molar-refractivity contribution in [3.8, 4) is 0 Å². The van der Waals surface area contributed by atoms with Gasteiger partial charge in [-0.25, -0.2) is 4.79 Å². The van der Waals surface area contributed by atoms with E-state index in [2.05, 4.69) is 23.9 Å². The largest absolute Gasteiger partial charge is 0.468 e. The molecule has 0 aliphatic heterocycles. The Morgan fingerprint density at radius 1 is 0.532 bits per heavy atom. The van der Waals surface area contributed by atoms with Crippen molar-refractivity contribution in [2.45, 2.75) is 193 Å². The van der Waals surface area contributed by atoms with Gasteiger partial charge in [0.05, 0.1) is 14.2 Å². The molecule has 7 nitrogen and oxygen atoms in total. The van der Waals surface area contributed by atoms with Crippen LogP contribution in [-0.2, 0) is 23.9 Å². The maximum absolute atomic E-state index is 13.5. The van der Waals surface area contributed by atoms with Gasteiger partial charge in [-0.15, -0.1) is 0 Å². The van der Waals surface area contributed by atoms with Crippen LogP contribution in [0.25, 0.3) is 0 Å². The van der Waals surface area contributed by atoms with E-state index in [1.165, 1.54) is 164 Å². The first-order chi connectivity index (χ1) is 22.9. The van der Waals surface area contributed by atoms with Crippen LogP contribution < -0.4 is 11.1 Å². The van der Waals surface area contributed by atoms with Gasteiger partial charge in [0, 0.05) is 17.4 Å². The number of amides is 1. The lowest BCUT2D eigenvalue weighted by Gasteiger charge is -2.21. The molecular weight excluding hydrogens is 629 g/mol. The molecular formula is C38H74N2O5S2. The smallest absolute Gasteiger partial charge is 0.329 e. The van der Waals surface area contributed by atoms with Crippen LogP contribution in [0.1, 0.15) is 181 Å². The minimum atomic E-state index is -0.731. The number of hydrogen-bond acceptors (Lipinski definition) is 8. The zero-order valence-corrected chi connectivity index (χ0v) is 32.6. The summed E-state index contributed by atoms with van der Waals surface area (Å²) in [5, 5.41) is 3.01. The molecule has 47 heavy (non-hydrogen) atoms. The molecule has 0 aliphatic rings. The lowest BCUT2D eigenvalue weighted by Crippen LogP contribution is -2.45. The van der Waals surface area contributed by atoms with Crippen LogP contribution in [0.4, 0.5) is 0 Å². The zero-order chi connectivity index (χ0) is 34.8. The third-order valence-electron chi connectivity index (χ3n) is 9.05. The molecule has 2 atom stereocenters. The molecule has 9 heteroatoms. The molecule has 0 radical (unpaired) electrons. The van der Waals surface area contributed by atoms with E-state index in [0.29, 0.717) is 11.5 Å². The van der Waals surface area contributed by atoms with Crippen LogP contribution >= 0.6 is 21.6 Å². The molecule has 0 heterocycles. The number of ether oxygens (including phenoxy) is 2. The molecule has 1 amide bonds. The van der Waals surface area contributed by atoms with E-state index >= 15 is 0 Å². The highest BCUT2D eigenvalue weighted by atomic mass is 33.1. The number of carbonyl (C=O) groups excluding carboxylic acids is 3. The van der Waals surface area contributed by atoms with Gasteiger partial charge in [0.15, 0.2) is 0 Å². The van der Waals surface area contributed by atoms with Gasteiger partial charge in [0.25, 0.3) is 0 Å². The third kappa shape index (κ3) is 28.6. The fraction of sp³-hybridized carbons (Fsp3) is 0.921. The second-order valence-corrected chi connectivity index (χ2v) is 15.9. The number of hydrogen-bond donors (Lipinski definition) is 2. The van der Waals surface area contributed by atoms with E-state index in [4.69, 9.17) is 10.5 Å². The second-order valence-electron chi connectivity index (χ2n) is 13.3. The van der Waals surface area contributed by atoms with Crippen molar-refractivity contribution in [2.24, 2.45) is 11.7 Å². The summed E-state index contributed by atoms with van der Waals surface area (Å²) in [5.41, 5.74) is 5.82. The number of esters is 2. The van der Waals surface area contributed by atoms with E-state index in [-0.39, 0.29) is 11.8 Å². The van der Waals surface area contributed by atoms with Gasteiger partial charge in [0.2, 0.25) is 5.91 Å². The minimum absolute atomic E-state index is 0.0385. The van der Waals surface area contributed by atoms with Crippen molar-refractivity contribution in [3.63, 3.8) is 0 Å². The highest BCUT2D eigenvalue weighted by molar-refractivity contribution is 8.76. The van der Waals surface area contributed by atoms with Crippen molar-refractivity contribution in [3.05, 3.63) is 0 Å². The van der Waals surface area contributed by atoms with Crippen molar-refractivity contribution >= 4 is 39.4 Å². The van der Waals surface area contributed by atoms with Crippen molar-refractivity contribution in [2.75, 3.05) is 25.7 Å². The molecule has 0 aromatic heterocycles. The first-order valence-corrected chi connectivity index (χ1v) is 21.9. The number of unbranched alkanes of at least 4 members (excludes halogenated alkanes) is 22. The van der Waals surface area contributed by atoms with Gasteiger partial charge in [-0.1, -0.05) is 190 Å². The van der Waals surface area contributed by atoms with Gasteiger partial charge in [-0.2, -0.15) is 0 Å². The van der Waals surface area contributed by atoms with Crippen LogP contribution in [0.5, 0.6) is 0 Å². The average molecular weight is 703 g/mol. The highest BCUT2D eigenvalue weighted by Crippen LogP contribution is 2.25. The van der Waals surface area contributed by atoms with Crippen molar-refractivity contribution in [1.82, 2.24) is 5.32 Å². The quantitative estimate of drug-likeness (QED) is 0.0382. The number of nitrogens with two attached hydrogens (primary N) is 1. The molecule has 0 bridgehead atoms. The Morgan fingerprint density at radius 2 is 0.872 bits per heavy atom. The summed E-state index contributed by atoms with van der Waals surface area (Å²) < 4.78 is 9.68. The second kappa shape index (κ2) is 34.9. The lowest BCUT2D eigenvalue weighted by atomic mass is 9.93. The van der Waals surface area contributed by atoms with E-state index in [1.807, 2.05) is 0 Å². The van der Waals surface area contributed by atoms with Crippen LogP contribution in [0.2, 0.25) is 0 Å². The summed E-state index contributed by atoms with van der Waals surface area (Å²) >= 11 is 0. The molecule has 0 saturated heterocycles. The minimum Gasteiger partial charge on any atom is -0.468 e. The number of rotatable bonds is 35. The van der Waals surface area contributed by atoms with Gasteiger partial charge in [-0.05, 0) is 12.8 Å². The highest BCUT2D eigenvalue weighted by Gasteiger charge is 2.26. The van der Waals surface area contributed by atoms with E-state index in [0.717, 1.165) is 38.5 Å². The predicted molar refractivity (Wildman–Crippen MR) is 204 cm³/mol. The number of carbonyl (C=O) groups is 3. The molecule has 0 fully saturated rings. The summed E-state index contributed by atoms with van der Waals surface area (Å²) in [4.78, 5) is 37.6. The Kier molecular flexibility index (Phi) is 34.2. The molecule has 0 saturated carbocycles. The van der Waals surface area contributed by atoms with Gasteiger partial charge < -0.3 is 20.5 Å². The maximum Gasteiger partial charge on any atom is 0.329 e. The molecule has 0 rings (SSSR count). The lowest BCUT2D eigenvalue weighted by molar-refractivity contribution is -0.145. The fourth-order valence-corrected chi connectivity index (χ4v) is 8.18. The molecule has 278 valence electrons. The van der Waals surface area contributed by atoms with Gasteiger partial charge >= 0.3 is 11.9 Å². The number of nitrogens with one attached hydrogen (secondary N) is 1. The first-order valence-electron chi connectivity index (χ1n) is 19.4. The van der Waals surface area contributed by atoms with Crippen LogP contribution in [0.15, 0.2) is 0 Å². The summed E-state index contributed by atoms with van der Waals surface area (Å²) in [6.45, 7) is 4.53. The SMILES string of the molecule is CCCCCCCCCCCCCCC(CCCCCCCCCCCCCC)C(=O)N[C@@H](CSSCC(N)C(=O)OC)C(=O)OC. The molecule has 0 aromatic rings. The fourth-order valence-electron chi connectivity index (χ4n) is 5.93. The number of methoxy groups -OCH3 is 2. The summed E-state index contributed by atoms with van der Waals surface area (Å²) in [6, 6.07) is -1.45. The van der Waals surface area contributed by atoms with Gasteiger partial charge in [0.1, 0.15) is 12.1 Å². The van der Waals surface area contributed by atoms with Crippen LogP contribution in [0, 0.1) is 5.92 Å². The summed E-state index contributed by atoms with van der Waals surface area (Å²) in [7, 11) is 5.46. The van der Waals surface area contributed by atoms with Gasteiger partial charge in [-0.3, -0.25) is 9.59 Å². The first kappa shape index (κ1) is 46.1. The Morgan fingerprint density at radius 3 is 1.23 bits per heavy atom. The average Bonchev–Trinajstić information content (AvgIpc) is 3.08. The molecule has 1 unspecified atom stereocenters. The Bertz CT molecular complexity index is 715. The molecule has 0 aromatic carbocycles. The topological polar surface area (TPSA) is 108 Å². The Balaban J connectivity index is 4.65. The standard InChI is InChI=1S/C38H74N2O5S2/c1-5-7-9-11-13-15-17-19-21-23-25-27-29-33(30-28-26-24-22-20-18-16-14-12-10-8-6-2)36(41)40-35(38(43)45-4)32-47-46-31-34(39)37(42)44-3/h33-35H,5-32,39H2,1-4H3,(H,40,41)/t34?,35-/m0/s1. The summed E-state index contributed by atoms with van der Waals surface area (Å²) in [6.07, 6.45) is 32.9. The normalized spacial score (nSPS) is 12.6. The predicted octanol–water partition coefficient (Wildman–Crippen LogP) is 10.3. The molecule has 3 N–H and O–H groups in total. The Hall–Kier alpha value is -0.930. The Labute approximate surface area is 297 Å². The monoisotopic (exact) mass is 703 g/mol. The van der Waals surface area contributed by atoms with Crippen molar-refractivity contribution < 1.29 is 23.9 Å². The summed E-state index contributed by atoms with van der Waals surface area (Å²) in [5.74, 6) is -0.324. The van der Waals surface area contributed by atoms with Crippen LogP contribution in [-0.4, -0.2) is 55.7 Å².